The number of pyridine rings is 2. The van der Waals surface area contributed by atoms with Gasteiger partial charge in [0.25, 0.3) is 0 Å². The summed E-state index contributed by atoms with van der Waals surface area (Å²) in [5, 5.41) is 36.6. The number of rotatable bonds is 8. The van der Waals surface area contributed by atoms with Crippen LogP contribution in [0.15, 0.2) is 24.3 Å². The van der Waals surface area contributed by atoms with Crippen molar-refractivity contribution in [3.05, 3.63) is 35.7 Å². The van der Waals surface area contributed by atoms with Crippen LogP contribution in [0.1, 0.15) is 50.4 Å². The minimum absolute atomic E-state index is 0.273. The Morgan fingerprint density at radius 2 is 2.00 bits per heavy atom. The molecule has 34 heavy (non-hydrogen) atoms. The summed E-state index contributed by atoms with van der Waals surface area (Å²) in [5.74, 6) is 3.23. The van der Waals surface area contributed by atoms with E-state index in [0.717, 1.165) is 42.8 Å². The molecule has 0 aromatic carbocycles. The minimum atomic E-state index is 0.273. The van der Waals surface area contributed by atoms with Crippen LogP contribution in [-0.4, -0.2) is 39.3 Å². The Morgan fingerprint density at radius 3 is 2.76 bits per heavy atom. The summed E-state index contributed by atoms with van der Waals surface area (Å²) in [4.78, 5) is 9.39. The fourth-order valence-electron chi connectivity index (χ4n) is 4.66. The lowest BCUT2D eigenvalue weighted by Crippen LogP contribution is -2.29. The average molecular weight is 458 g/mol. The molecule has 1 aliphatic rings. The number of anilines is 3. The van der Waals surface area contributed by atoms with Gasteiger partial charge >= 0.3 is 0 Å². The summed E-state index contributed by atoms with van der Waals surface area (Å²) in [6, 6.07) is 12.0. The number of aromatic nitrogens is 4. The van der Waals surface area contributed by atoms with Crippen molar-refractivity contribution in [2.24, 2.45) is 11.8 Å². The van der Waals surface area contributed by atoms with Crippen molar-refractivity contribution in [1.29, 1.82) is 10.5 Å². The van der Waals surface area contributed by atoms with E-state index < -0.39 is 0 Å². The molecule has 0 aliphatic heterocycles. The Bertz CT molecular complexity index is 1200. The number of nitriles is 2. The van der Waals surface area contributed by atoms with Crippen molar-refractivity contribution in [3.8, 4) is 12.1 Å². The Labute approximate surface area is 200 Å². The summed E-state index contributed by atoms with van der Waals surface area (Å²) in [6.07, 6.45) is 5.02. The van der Waals surface area contributed by atoms with Crippen LogP contribution in [-0.2, 0) is 0 Å². The Kier molecular flexibility index (Phi) is 7.56. The second kappa shape index (κ2) is 11.0. The molecule has 0 bridgehead atoms. The normalized spacial score (nSPS) is 20.3. The van der Waals surface area contributed by atoms with Crippen molar-refractivity contribution >= 4 is 28.4 Å². The smallest absolute Gasteiger partial charge is 0.153 e. The topological polar surface area (TPSA) is 138 Å². The van der Waals surface area contributed by atoms with Crippen LogP contribution in [0.5, 0.6) is 0 Å². The van der Waals surface area contributed by atoms with Crippen molar-refractivity contribution in [2.45, 2.75) is 52.0 Å². The zero-order valence-electron chi connectivity index (χ0n) is 19.7. The molecule has 0 amide bonds. The molecule has 3 aromatic heterocycles. The number of H-pyrrole nitrogens is 1. The molecule has 0 radical (unpaired) electrons. The molecule has 1 fully saturated rings. The van der Waals surface area contributed by atoms with Gasteiger partial charge in [0.15, 0.2) is 5.82 Å². The zero-order chi connectivity index (χ0) is 23.9. The van der Waals surface area contributed by atoms with Crippen molar-refractivity contribution in [3.63, 3.8) is 0 Å². The van der Waals surface area contributed by atoms with Gasteiger partial charge < -0.3 is 16.0 Å². The molecule has 0 spiro atoms. The van der Waals surface area contributed by atoms with E-state index in [0.29, 0.717) is 41.1 Å². The third-order valence-electron chi connectivity index (χ3n) is 6.32. The lowest BCUT2D eigenvalue weighted by molar-refractivity contribution is 0.413. The zero-order valence-corrected chi connectivity index (χ0v) is 19.7. The van der Waals surface area contributed by atoms with Gasteiger partial charge in [0.2, 0.25) is 0 Å². The van der Waals surface area contributed by atoms with E-state index in [1.54, 1.807) is 6.07 Å². The van der Waals surface area contributed by atoms with Crippen LogP contribution >= 0.6 is 0 Å². The highest BCUT2D eigenvalue weighted by molar-refractivity contribution is 5.92. The van der Waals surface area contributed by atoms with Crippen molar-refractivity contribution in [2.75, 3.05) is 23.7 Å². The van der Waals surface area contributed by atoms with E-state index in [4.69, 9.17) is 10.2 Å². The van der Waals surface area contributed by atoms with Gasteiger partial charge in [-0.1, -0.05) is 13.3 Å². The first-order valence-corrected chi connectivity index (χ1v) is 11.9. The highest BCUT2D eigenvalue weighted by Gasteiger charge is 2.25. The van der Waals surface area contributed by atoms with E-state index >= 15 is 0 Å². The second-order valence-electron chi connectivity index (χ2n) is 9.27. The molecule has 3 heterocycles. The van der Waals surface area contributed by atoms with Gasteiger partial charge in [-0.3, -0.25) is 5.10 Å². The molecule has 3 atom stereocenters. The Hall–Kier alpha value is -3.69. The molecule has 176 valence electrons. The van der Waals surface area contributed by atoms with Crippen molar-refractivity contribution < 1.29 is 0 Å². The fourth-order valence-corrected chi connectivity index (χ4v) is 4.66. The molecule has 3 aromatic rings. The van der Waals surface area contributed by atoms with Gasteiger partial charge in [-0.25, -0.2) is 9.97 Å². The van der Waals surface area contributed by atoms with Crippen LogP contribution in [0.3, 0.4) is 0 Å². The monoisotopic (exact) mass is 457 g/mol. The second-order valence-corrected chi connectivity index (χ2v) is 9.27. The van der Waals surface area contributed by atoms with Gasteiger partial charge in [-0.2, -0.15) is 15.6 Å². The van der Waals surface area contributed by atoms with E-state index in [2.05, 4.69) is 50.2 Å². The van der Waals surface area contributed by atoms with E-state index in [-0.39, 0.29) is 6.04 Å². The summed E-state index contributed by atoms with van der Waals surface area (Å²) in [7, 11) is 0. The van der Waals surface area contributed by atoms with Gasteiger partial charge in [0.1, 0.15) is 23.4 Å². The molecule has 0 saturated heterocycles. The van der Waals surface area contributed by atoms with Gasteiger partial charge in [-0.05, 0) is 56.7 Å². The maximum atomic E-state index is 9.33. The van der Waals surface area contributed by atoms with Crippen LogP contribution in [0.4, 0.5) is 17.5 Å². The van der Waals surface area contributed by atoms with Crippen molar-refractivity contribution in [1.82, 2.24) is 25.5 Å². The van der Waals surface area contributed by atoms with Gasteiger partial charge in [0, 0.05) is 42.2 Å². The number of aromatic amines is 1. The van der Waals surface area contributed by atoms with E-state index in [9.17, 15) is 5.26 Å². The first-order valence-electron chi connectivity index (χ1n) is 11.9. The standard InChI is InChI=1S/C25H31N9/c1-16-4-5-18(15-28-9-3-8-26)12-20(10-16)30-25-21-7-6-19(14-27)29-22(21)13-23(32-25)31-24-11-17(2)33-34-24/h6-7,11,13,16,18,20,28H,3-5,9-10,12,15H2,1-2H3,(H3,30,31,32,33,34)/t16-,18+,20-/m1/s1. The average Bonchev–Trinajstić information content (AvgIpc) is 3.14. The minimum Gasteiger partial charge on any atom is -0.367 e. The maximum Gasteiger partial charge on any atom is 0.153 e. The Morgan fingerprint density at radius 1 is 1.12 bits per heavy atom. The molecule has 4 rings (SSSR count). The predicted octanol–water partition coefficient (Wildman–Crippen LogP) is 4.39. The van der Waals surface area contributed by atoms with Crippen LogP contribution in [0.25, 0.3) is 10.9 Å². The fraction of sp³-hybridized carbons (Fsp3) is 0.480. The highest BCUT2D eigenvalue weighted by atomic mass is 15.2. The lowest BCUT2D eigenvalue weighted by atomic mass is 9.97. The third-order valence-corrected chi connectivity index (χ3v) is 6.32. The SMILES string of the molecule is Cc1cc(Nc2cc3nc(C#N)ccc3c(N[C@@H]3C[C@H](C)CC[C@H](CNCCC#N)C3)n2)n[nH]1. The number of hydrogen-bond donors (Lipinski definition) is 4. The summed E-state index contributed by atoms with van der Waals surface area (Å²) < 4.78 is 0. The molecule has 1 saturated carbocycles. The van der Waals surface area contributed by atoms with Crippen LogP contribution < -0.4 is 16.0 Å². The number of hydrogen-bond acceptors (Lipinski definition) is 8. The molecule has 4 N–H and O–H groups in total. The number of nitrogens with zero attached hydrogens (tertiary/aromatic N) is 5. The largest absolute Gasteiger partial charge is 0.367 e. The molecule has 1 aliphatic carbocycles. The molecule has 9 heteroatoms. The highest BCUT2D eigenvalue weighted by Crippen LogP contribution is 2.32. The summed E-state index contributed by atoms with van der Waals surface area (Å²) in [6.45, 7) is 5.91. The maximum absolute atomic E-state index is 9.33. The van der Waals surface area contributed by atoms with Crippen LogP contribution in [0.2, 0.25) is 0 Å². The first kappa shape index (κ1) is 23.5. The first-order chi connectivity index (χ1) is 16.5. The summed E-state index contributed by atoms with van der Waals surface area (Å²) >= 11 is 0. The number of nitrogens with one attached hydrogen (secondary N) is 4. The predicted molar refractivity (Wildman–Crippen MR) is 132 cm³/mol. The molecular weight excluding hydrogens is 426 g/mol. The third kappa shape index (κ3) is 6.00. The quantitative estimate of drug-likeness (QED) is 0.289. The number of aryl methyl sites for hydroxylation is 1. The lowest BCUT2D eigenvalue weighted by Gasteiger charge is -2.23. The van der Waals surface area contributed by atoms with E-state index in [1.165, 1.54) is 12.8 Å². The van der Waals surface area contributed by atoms with Gasteiger partial charge in [-0.15, -0.1) is 0 Å². The number of fused-ring (bicyclic) bond motifs is 1. The molecular formula is C25H31N9. The van der Waals surface area contributed by atoms with E-state index in [1.807, 2.05) is 25.1 Å². The van der Waals surface area contributed by atoms with Gasteiger partial charge in [0.05, 0.1) is 11.6 Å². The molecule has 9 nitrogen and oxygen atoms in total. The Balaban J connectivity index is 1.59. The molecule has 0 unspecified atom stereocenters. The summed E-state index contributed by atoms with van der Waals surface area (Å²) in [5.41, 5.74) is 2.04. The van der Waals surface area contributed by atoms with Crippen LogP contribution in [0, 0.1) is 41.4 Å².